The fourth-order valence-corrected chi connectivity index (χ4v) is 3.06. The maximum atomic E-state index is 5.73. The van der Waals surface area contributed by atoms with E-state index in [9.17, 15) is 0 Å². The smallest absolute Gasteiger partial charge is 0.182 e. The van der Waals surface area contributed by atoms with Crippen LogP contribution in [0.4, 0.5) is 5.69 Å². The average Bonchev–Trinajstić information content (AvgIpc) is 2.97. The van der Waals surface area contributed by atoms with Crippen molar-refractivity contribution in [2.75, 3.05) is 5.73 Å². The number of nitrogens with two attached hydrogens (primary N) is 1. The van der Waals surface area contributed by atoms with E-state index in [0.717, 1.165) is 23.0 Å². The number of tetrazole rings is 1. The van der Waals surface area contributed by atoms with Crippen LogP contribution >= 0.6 is 0 Å². The molecule has 5 heteroatoms. The fourth-order valence-electron chi connectivity index (χ4n) is 3.06. The lowest BCUT2D eigenvalue weighted by atomic mass is 9.84. The minimum absolute atomic E-state index is 0.431. The summed E-state index contributed by atoms with van der Waals surface area (Å²) in [6.07, 6.45) is 6.19. The predicted octanol–water partition coefficient (Wildman–Crippen LogP) is 3.06. The number of anilines is 1. The van der Waals surface area contributed by atoms with Crippen molar-refractivity contribution in [3.63, 3.8) is 0 Å². The Morgan fingerprint density at radius 2 is 1.85 bits per heavy atom. The van der Waals surface area contributed by atoms with Crippen molar-refractivity contribution in [1.29, 1.82) is 0 Å². The van der Waals surface area contributed by atoms with Gasteiger partial charge < -0.3 is 5.73 Å². The molecule has 3 rings (SSSR count). The van der Waals surface area contributed by atoms with E-state index in [2.05, 4.69) is 22.4 Å². The van der Waals surface area contributed by atoms with E-state index in [4.69, 9.17) is 5.73 Å². The Hall–Kier alpha value is -1.91. The number of nitrogen functional groups attached to an aromatic ring is 1. The highest BCUT2D eigenvalue weighted by atomic mass is 15.5. The summed E-state index contributed by atoms with van der Waals surface area (Å²) in [5.74, 6) is 1.73. The quantitative estimate of drug-likeness (QED) is 0.871. The van der Waals surface area contributed by atoms with Crippen LogP contribution in [0.2, 0.25) is 0 Å². The summed E-state index contributed by atoms with van der Waals surface area (Å²) >= 11 is 0. The Morgan fingerprint density at radius 1 is 1.15 bits per heavy atom. The summed E-state index contributed by atoms with van der Waals surface area (Å²) in [7, 11) is 0. The fraction of sp³-hybridized carbons (Fsp3) is 0.533. The maximum Gasteiger partial charge on any atom is 0.182 e. The van der Waals surface area contributed by atoms with Gasteiger partial charge in [0.05, 0.1) is 6.04 Å². The van der Waals surface area contributed by atoms with Gasteiger partial charge in [0.2, 0.25) is 0 Å². The number of hydrogen-bond acceptors (Lipinski definition) is 4. The predicted molar refractivity (Wildman–Crippen MR) is 79.0 cm³/mol. The first-order chi connectivity index (χ1) is 9.78. The van der Waals surface area contributed by atoms with Gasteiger partial charge in [0.1, 0.15) is 0 Å². The van der Waals surface area contributed by atoms with Crippen molar-refractivity contribution in [1.82, 2.24) is 20.2 Å². The molecule has 0 saturated heterocycles. The molecule has 0 radical (unpaired) electrons. The van der Waals surface area contributed by atoms with Gasteiger partial charge in [-0.2, -0.15) is 0 Å². The van der Waals surface area contributed by atoms with Crippen molar-refractivity contribution in [3.8, 4) is 11.4 Å². The van der Waals surface area contributed by atoms with E-state index in [0.29, 0.717) is 6.04 Å². The number of nitrogens with zero attached hydrogens (tertiary/aromatic N) is 4. The lowest BCUT2D eigenvalue weighted by molar-refractivity contribution is 0.255. The first-order valence-corrected chi connectivity index (χ1v) is 7.41. The first-order valence-electron chi connectivity index (χ1n) is 7.41. The molecule has 0 unspecified atom stereocenters. The van der Waals surface area contributed by atoms with Crippen molar-refractivity contribution in [2.24, 2.45) is 5.92 Å². The monoisotopic (exact) mass is 271 g/mol. The Labute approximate surface area is 119 Å². The number of hydrogen-bond donors (Lipinski definition) is 1. The van der Waals surface area contributed by atoms with Crippen molar-refractivity contribution >= 4 is 5.69 Å². The normalized spacial score (nSPS) is 22.9. The molecular weight excluding hydrogens is 250 g/mol. The third-order valence-corrected chi connectivity index (χ3v) is 4.40. The number of rotatable bonds is 3. The SMILES string of the molecule is CCC1CCC(n2nnnc2-c2ccc(N)cc2)CC1. The summed E-state index contributed by atoms with van der Waals surface area (Å²) in [5, 5.41) is 12.3. The molecule has 0 atom stereocenters. The molecule has 0 spiro atoms. The lowest BCUT2D eigenvalue weighted by Gasteiger charge is -2.28. The van der Waals surface area contributed by atoms with Gasteiger partial charge in [-0.25, -0.2) is 4.68 Å². The Bertz CT molecular complexity index is 552. The molecule has 1 heterocycles. The minimum Gasteiger partial charge on any atom is -0.399 e. The van der Waals surface area contributed by atoms with Crippen molar-refractivity contribution in [3.05, 3.63) is 24.3 Å². The molecule has 106 valence electrons. The van der Waals surface area contributed by atoms with Crippen LogP contribution in [-0.4, -0.2) is 20.2 Å². The zero-order valence-electron chi connectivity index (χ0n) is 11.9. The molecule has 1 aliphatic carbocycles. The highest BCUT2D eigenvalue weighted by Crippen LogP contribution is 2.34. The van der Waals surface area contributed by atoms with E-state index in [-0.39, 0.29) is 0 Å². The van der Waals surface area contributed by atoms with Crippen LogP contribution in [0.1, 0.15) is 45.1 Å². The van der Waals surface area contributed by atoms with Gasteiger partial charge in [-0.3, -0.25) is 0 Å². The second-order valence-electron chi connectivity index (χ2n) is 5.65. The van der Waals surface area contributed by atoms with Gasteiger partial charge in [-0.05, 0) is 66.3 Å². The molecular formula is C15H21N5. The average molecular weight is 271 g/mol. The molecule has 2 N–H and O–H groups in total. The molecule has 1 saturated carbocycles. The van der Waals surface area contributed by atoms with Crippen LogP contribution in [0.3, 0.4) is 0 Å². The number of aromatic nitrogens is 4. The van der Waals surface area contributed by atoms with Gasteiger partial charge in [-0.1, -0.05) is 13.3 Å². The Balaban J connectivity index is 1.82. The largest absolute Gasteiger partial charge is 0.399 e. The summed E-state index contributed by atoms with van der Waals surface area (Å²) in [6.45, 7) is 2.28. The second kappa shape index (κ2) is 5.61. The van der Waals surface area contributed by atoms with Crippen molar-refractivity contribution in [2.45, 2.75) is 45.1 Å². The van der Waals surface area contributed by atoms with Gasteiger partial charge >= 0.3 is 0 Å². The standard InChI is InChI=1S/C15H21N5/c1-2-11-3-9-14(10-4-11)20-15(17-18-19-20)12-5-7-13(16)8-6-12/h5-8,11,14H,2-4,9-10,16H2,1H3. The molecule has 0 bridgehead atoms. The van der Waals surface area contributed by atoms with E-state index in [1.807, 2.05) is 28.9 Å². The van der Waals surface area contributed by atoms with Crippen LogP contribution in [0.5, 0.6) is 0 Å². The van der Waals surface area contributed by atoms with Gasteiger partial charge in [0, 0.05) is 11.3 Å². The van der Waals surface area contributed by atoms with Crippen LogP contribution in [0.25, 0.3) is 11.4 Å². The molecule has 1 aromatic heterocycles. The third kappa shape index (κ3) is 2.53. The third-order valence-electron chi connectivity index (χ3n) is 4.40. The zero-order chi connectivity index (χ0) is 13.9. The maximum absolute atomic E-state index is 5.73. The zero-order valence-corrected chi connectivity index (χ0v) is 11.9. The highest BCUT2D eigenvalue weighted by molar-refractivity contribution is 5.58. The van der Waals surface area contributed by atoms with Gasteiger partial charge in [0.15, 0.2) is 5.82 Å². The van der Waals surface area contributed by atoms with Gasteiger partial charge in [0.25, 0.3) is 0 Å². The lowest BCUT2D eigenvalue weighted by Crippen LogP contribution is -2.19. The molecule has 1 aliphatic rings. The van der Waals surface area contributed by atoms with Crippen LogP contribution in [-0.2, 0) is 0 Å². The van der Waals surface area contributed by atoms with Crippen molar-refractivity contribution < 1.29 is 0 Å². The topological polar surface area (TPSA) is 69.6 Å². The highest BCUT2D eigenvalue weighted by Gasteiger charge is 2.24. The minimum atomic E-state index is 0.431. The van der Waals surface area contributed by atoms with E-state index < -0.39 is 0 Å². The second-order valence-corrected chi connectivity index (χ2v) is 5.65. The summed E-state index contributed by atoms with van der Waals surface area (Å²) < 4.78 is 2.00. The van der Waals surface area contributed by atoms with Crippen LogP contribution < -0.4 is 5.73 Å². The van der Waals surface area contributed by atoms with Gasteiger partial charge in [-0.15, -0.1) is 5.10 Å². The summed E-state index contributed by atoms with van der Waals surface area (Å²) in [6, 6.07) is 8.18. The molecule has 2 aromatic rings. The first kappa shape index (κ1) is 13.1. The molecule has 1 aromatic carbocycles. The summed E-state index contributed by atoms with van der Waals surface area (Å²) in [5.41, 5.74) is 7.52. The number of benzene rings is 1. The van der Waals surface area contributed by atoms with E-state index in [1.165, 1.54) is 32.1 Å². The Morgan fingerprint density at radius 3 is 2.50 bits per heavy atom. The molecule has 5 nitrogen and oxygen atoms in total. The van der Waals surface area contributed by atoms with E-state index in [1.54, 1.807) is 0 Å². The molecule has 20 heavy (non-hydrogen) atoms. The Kier molecular flexibility index (Phi) is 3.67. The van der Waals surface area contributed by atoms with E-state index >= 15 is 0 Å². The summed E-state index contributed by atoms with van der Waals surface area (Å²) in [4.78, 5) is 0. The van der Waals surface area contributed by atoms with Crippen LogP contribution in [0, 0.1) is 5.92 Å². The molecule has 0 aliphatic heterocycles. The molecule has 1 fully saturated rings. The van der Waals surface area contributed by atoms with Crippen LogP contribution in [0.15, 0.2) is 24.3 Å². The molecule has 0 amide bonds.